The maximum Gasteiger partial charge on any atom is 0.256 e. The number of fused-ring (bicyclic) bond motifs is 1. The van der Waals surface area contributed by atoms with E-state index in [0.29, 0.717) is 11.3 Å². The minimum absolute atomic E-state index is 0.0683. The van der Waals surface area contributed by atoms with E-state index >= 15 is 0 Å². The third-order valence-corrected chi connectivity index (χ3v) is 4.30. The lowest BCUT2D eigenvalue weighted by molar-refractivity contribution is 0.0793. The molecule has 23 heavy (non-hydrogen) atoms. The lowest BCUT2D eigenvalue weighted by atomic mass is 10.0. The predicted molar refractivity (Wildman–Crippen MR) is 90.1 cm³/mol. The van der Waals surface area contributed by atoms with Crippen molar-refractivity contribution in [3.8, 4) is 11.3 Å². The Morgan fingerprint density at radius 1 is 1.00 bits per heavy atom. The molecule has 1 saturated heterocycles. The van der Waals surface area contributed by atoms with Gasteiger partial charge in [0.25, 0.3) is 5.91 Å². The van der Waals surface area contributed by atoms with Crippen LogP contribution in [0.15, 0.2) is 54.9 Å². The van der Waals surface area contributed by atoms with Crippen LogP contribution in [-0.4, -0.2) is 33.9 Å². The highest BCUT2D eigenvalue weighted by atomic mass is 16.2. The normalized spacial score (nSPS) is 14.3. The SMILES string of the molecule is O=C(c1cccnc1-c1cnc2ccccc2c1)N1CCCC1. The molecule has 0 N–H and O–H groups in total. The number of benzene rings is 1. The standard InChI is InChI=1S/C19H17N3O/c23-19(22-10-3-4-11-22)16-7-5-9-20-18(16)15-12-14-6-1-2-8-17(14)21-13-15/h1-2,5-9,12-13H,3-4,10-11H2. The number of hydrogen-bond acceptors (Lipinski definition) is 3. The number of rotatable bonds is 2. The third kappa shape index (κ3) is 2.57. The molecule has 0 atom stereocenters. The minimum Gasteiger partial charge on any atom is -0.339 e. The molecule has 0 spiro atoms. The van der Waals surface area contributed by atoms with Gasteiger partial charge in [0.1, 0.15) is 0 Å². The Morgan fingerprint density at radius 3 is 2.70 bits per heavy atom. The lowest BCUT2D eigenvalue weighted by Gasteiger charge is -2.17. The fraction of sp³-hybridized carbons (Fsp3) is 0.211. The molecule has 0 radical (unpaired) electrons. The molecule has 1 aliphatic rings. The van der Waals surface area contributed by atoms with Gasteiger partial charge < -0.3 is 4.90 Å². The van der Waals surface area contributed by atoms with E-state index in [9.17, 15) is 4.79 Å². The van der Waals surface area contributed by atoms with Crippen molar-refractivity contribution in [2.75, 3.05) is 13.1 Å². The monoisotopic (exact) mass is 303 g/mol. The van der Waals surface area contributed by atoms with Crippen LogP contribution in [0, 0.1) is 0 Å². The first-order valence-electron chi connectivity index (χ1n) is 7.92. The highest BCUT2D eigenvalue weighted by molar-refractivity contribution is 6.00. The number of likely N-dealkylation sites (tertiary alicyclic amines) is 1. The van der Waals surface area contributed by atoms with Crippen LogP contribution in [0.5, 0.6) is 0 Å². The summed E-state index contributed by atoms with van der Waals surface area (Å²) in [7, 11) is 0. The zero-order chi connectivity index (χ0) is 15.6. The summed E-state index contributed by atoms with van der Waals surface area (Å²) in [6.07, 6.45) is 5.69. The smallest absolute Gasteiger partial charge is 0.256 e. The van der Waals surface area contributed by atoms with Gasteiger partial charge in [-0.05, 0) is 37.1 Å². The van der Waals surface area contributed by atoms with Gasteiger partial charge in [0.05, 0.1) is 16.8 Å². The van der Waals surface area contributed by atoms with E-state index in [1.165, 1.54) is 0 Å². The number of hydrogen-bond donors (Lipinski definition) is 0. The molecule has 1 amide bonds. The Labute approximate surface area is 134 Å². The molecule has 0 unspecified atom stereocenters. The number of para-hydroxylation sites is 1. The number of pyridine rings is 2. The van der Waals surface area contributed by atoms with Gasteiger partial charge in [-0.3, -0.25) is 14.8 Å². The first-order chi connectivity index (χ1) is 11.3. The summed E-state index contributed by atoms with van der Waals surface area (Å²) < 4.78 is 0. The predicted octanol–water partition coefficient (Wildman–Crippen LogP) is 3.53. The molecule has 4 heteroatoms. The molecular weight excluding hydrogens is 286 g/mol. The van der Waals surface area contributed by atoms with Crippen molar-refractivity contribution in [2.24, 2.45) is 0 Å². The molecule has 1 fully saturated rings. The molecule has 2 aromatic heterocycles. The number of carbonyl (C=O) groups is 1. The molecule has 114 valence electrons. The second-order valence-corrected chi connectivity index (χ2v) is 5.82. The van der Waals surface area contributed by atoms with Crippen LogP contribution in [0.1, 0.15) is 23.2 Å². The molecule has 0 saturated carbocycles. The van der Waals surface area contributed by atoms with Crippen molar-refractivity contribution >= 4 is 16.8 Å². The number of aromatic nitrogens is 2. The minimum atomic E-state index is 0.0683. The second kappa shape index (κ2) is 5.80. The Bertz CT molecular complexity index is 869. The van der Waals surface area contributed by atoms with E-state index in [4.69, 9.17) is 0 Å². The van der Waals surface area contributed by atoms with Crippen LogP contribution in [0.2, 0.25) is 0 Å². The zero-order valence-electron chi connectivity index (χ0n) is 12.8. The molecule has 4 rings (SSSR count). The molecule has 3 aromatic rings. The number of amides is 1. The summed E-state index contributed by atoms with van der Waals surface area (Å²) in [4.78, 5) is 23.6. The van der Waals surface area contributed by atoms with Gasteiger partial charge >= 0.3 is 0 Å². The molecule has 1 aliphatic heterocycles. The van der Waals surface area contributed by atoms with Crippen molar-refractivity contribution in [1.29, 1.82) is 0 Å². The highest BCUT2D eigenvalue weighted by Gasteiger charge is 2.22. The maximum absolute atomic E-state index is 12.8. The van der Waals surface area contributed by atoms with E-state index in [0.717, 1.165) is 42.4 Å². The van der Waals surface area contributed by atoms with Gasteiger partial charge in [-0.1, -0.05) is 18.2 Å². The summed E-state index contributed by atoms with van der Waals surface area (Å²) in [5.41, 5.74) is 3.19. The number of nitrogens with zero attached hydrogens (tertiary/aromatic N) is 3. The van der Waals surface area contributed by atoms with E-state index < -0.39 is 0 Å². The molecule has 0 bridgehead atoms. The van der Waals surface area contributed by atoms with Crippen LogP contribution in [0.25, 0.3) is 22.2 Å². The molecule has 0 aliphatic carbocycles. The van der Waals surface area contributed by atoms with E-state index in [-0.39, 0.29) is 5.91 Å². The summed E-state index contributed by atoms with van der Waals surface area (Å²) in [5, 5.41) is 1.05. The van der Waals surface area contributed by atoms with E-state index in [1.807, 2.05) is 47.4 Å². The molecular formula is C19H17N3O. The van der Waals surface area contributed by atoms with Crippen LogP contribution in [-0.2, 0) is 0 Å². The molecule has 3 heterocycles. The van der Waals surface area contributed by atoms with Gasteiger partial charge in [0.15, 0.2) is 0 Å². The average Bonchev–Trinajstić information content (AvgIpc) is 3.15. The Balaban J connectivity index is 1.79. The molecule has 4 nitrogen and oxygen atoms in total. The van der Waals surface area contributed by atoms with Crippen molar-refractivity contribution in [3.63, 3.8) is 0 Å². The van der Waals surface area contributed by atoms with Gasteiger partial charge in [-0.25, -0.2) is 0 Å². The topological polar surface area (TPSA) is 46.1 Å². The number of carbonyl (C=O) groups excluding carboxylic acids is 1. The van der Waals surface area contributed by atoms with Crippen molar-refractivity contribution in [2.45, 2.75) is 12.8 Å². The first kappa shape index (κ1) is 13.9. The largest absolute Gasteiger partial charge is 0.339 e. The summed E-state index contributed by atoms with van der Waals surface area (Å²) in [6, 6.07) is 13.7. The molecule has 1 aromatic carbocycles. The summed E-state index contributed by atoms with van der Waals surface area (Å²) in [5.74, 6) is 0.0683. The second-order valence-electron chi connectivity index (χ2n) is 5.82. The van der Waals surface area contributed by atoms with Crippen molar-refractivity contribution in [3.05, 3.63) is 60.4 Å². The van der Waals surface area contributed by atoms with Crippen LogP contribution in [0.3, 0.4) is 0 Å². The van der Waals surface area contributed by atoms with Crippen molar-refractivity contribution < 1.29 is 4.79 Å². The first-order valence-corrected chi connectivity index (χ1v) is 7.92. The Kier molecular flexibility index (Phi) is 3.50. The van der Waals surface area contributed by atoms with Gasteiger partial charge in [-0.15, -0.1) is 0 Å². The van der Waals surface area contributed by atoms with Gasteiger partial charge in [-0.2, -0.15) is 0 Å². The lowest BCUT2D eigenvalue weighted by Crippen LogP contribution is -2.28. The fourth-order valence-corrected chi connectivity index (χ4v) is 3.10. The van der Waals surface area contributed by atoms with E-state index in [1.54, 1.807) is 12.4 Å². The van der Waals surface area contributed by atoms with Gasteiger partial charge in [0, 0.05) is 36.4 Å². The Hall–Kier alpha value is -2.75. The third-order valence-electron chi connectivity index (χ3n) is 4.30. The summed E-state index contributed by atoms with van der Waals surface area (Å²) in [6.45, 7) is 1.67. The Morgan fingerprint density at radius 2 is 1.83 bits per heavy atom. The highest BCUT2D eigenvalue weighted by Crippen LogP contribution is 2.25. The summed E-state index contributed by atoms with van der Waals surface area (Å²) >= 11 is 0. The van der Waals surface area contributed by atoms with Gasteiger partial charge in [0.2, 0.25) is 0 Å². The average molecular weight is 303 g/mol. The quantitative estimate of drug-likeness (QED) is 0.727. The van der Waals surface area contributed by atoms with Crippen LogP contribution < -0.4 is 0 Å². The zero-order valence-corrected chi connectivity index (χ0v) is 12.8. The van der Waals surface area contributed by atoms with Crippen LogP contribution in [0.4, 0.5) is 0 Å². The van der Waals surface area contributed by atoms with Crippen LogP contribution >= 0.6 is 0 Å². The van der Waals surface area contributed by atoms with Crippen molar-refractivity contribution in [1.82, 2.24) is 14.9 Å². The van der Waals surface area contributed by atoms with E-state index in [2.05, 4.69) is 9.97 Å². The maximum atomic E-state index is 12.8. The fourth-order valence-electron chi connectivity index (χ4n) is 3.10.